The van der Waals surface area contributed by atoms with Gasteiger partial charge in [0.2, 0.25) is 0 Å². The molecule has 0 aliphatic heterocycles. The summed E-state index contributed by atoms with van der Waals surface area (Å²) in [5.74, 6) is 0. The molecule has 1 nitrogen and oxygen atoms in total. The van der Waals surface area contributed by atoms with Crippen molar-refractivity contribution in [2.24, 2.45) is 0 Å². The molecule has 0 saturated heterocycles. The van der Waals surface area contributed by atoms with Gasteiger partial charge in [0, 0.05) is 6.42 Å². The number of rotatable bonds is 3. The van der Waals surface area contributed by atoms with Gasteiger partial charge in [-0.15, -0.1) is 0 Å². The largest absolute Gasteiger partial charge is 0.388 e. The van der Waals surface area contributed by atoms with E-state index in [0.29, 0.717) is 6.42 Å². The predicted octanol–water partition coefficient (Wildman–Crippen LogP) is 3.89. The molecule has 0 bridgehead atoms. The van der Waals surface area contributed by atoms with Gasteiger partial charge >= 0.3 is 0 Å². The van der Waals surface area contributed by atoms with Crippen LogP contribution in [-0.2, 0) is 6.42 Å². The molecule has 18 heavy (non-hydrogen) atoms. The molecule has 0 spiro atoms. The van der Waals surface area contributed by atoms with Gasteiger partial charge in [-0.05, 0) is 43.0 Å². The van der Waals surface area contributed by atoms with Crippen molar-refractivity contribution in [1.82, 2.24) is 0 Å². The molecule has 1 unspecified atom stereocenters. The van der Waals surface area contributed by atoms with Crippen LogP contribution < -0.4 is 0 Å². The Kier molecular flexibility index (Phi) is 3.83. The van der Waals surface area contributed by atoms with Gasteiger partial charge in [0.1, 0.15) is 0 Å². The first-order chi connectivity index (χ1) is 8.58. The van der Waals surface area contributed by atoms with Crippen LogP contribution in [0.15, 0.2) is 42.5 Å². The molecule has 2 rings (SSSR count). The van der Waals surface area contributed by atoms with E-state index in [1.54, 1.807) is 0 Å². The zero-order valence-electron chi connectivity index (χ0n) is 11.3. The van der Waals surface area contributed by atoms with Crippen LogP contribution in [-0.4, -0.2) is 5.11 Å². The molecule has 94 valence electrons. The van der Waals surface area contributed by atoms with E-state index < -0.39 is 6.10 Å². The lowest BCUT2D eigenvalue weighted by molar-refractivity contribution is 0.178. The van der Waals surface area contributed by atoms with Gasteiger partial charge in [0.05, 0.1) is 6.10 Å². The van der Waals surface area contributed by atoms with E-state index in [9.17, 15) is 5.11 Å². The summed E-state index contributed by atoms with van der Waals surface area (Å²) in [6.07, 6.45) is 0.257. The Balaban J connectivity index is 2.21. The summed E-state index contributed by atoms with van der Waals surface area (Å²) in [6, 6.07) is 14.4. The maximum Gasteiger partial charge on any atom is 0.0830 e. The van der Waals surface area contributed by atoms with Gasteiger partial charge < -0.3 is 5.11 Å². The summed E-state index contributed by atoms with van der Waals surface area (Å²) in [6.45, 7) is 6.26. The number of aliphatic hydroxyl groups is 1. The van der Waals surface area contributed by atoms with Crippen LogP contribution >= 0.6 is 0 Å². The molecule has 2 aromatic carbocycles. The Bertz CT molecular complexity index is 506. The third-order valence-corrected chi connectivity index (χ3v) is 3.50. The highest BCUT2D eigenvalue weighted by Crippen LogP contribution is 2.23. The van der Waals surface area contributed by atoms with Crippen molar-refractivity contribution in [3.05, 3.63) is 70.3 Å². The molecule has 0 heterocycles. The highest BCUT2D eigenvalue weighted by Gasteiger charge is 2.11. The minimum absolute atomic E-state index is 0.426. The molecule has 1 heteroatoms. The zero-order chi connectivity index (χ0) is 13.1. The molecule has 1 atom stereocenters. The summed E-state index contributed by atoms with van der Waals surface area (Å²) in [4.78, 5) is 0. The average Bonchev–Trinajstić information content (AvgIpc) is 2.34. The molecule has 0 aliphatic rings. The first-order valence-electron chi connectivity index (χ1n) is 6.37. The number of benzene rings is 2. The quantitative estimate of drug-likeness (QED) is 0.863. The van der Waals surface area contributed by atoms with Crippen LogP contribution in [0.25, 0.3) is 0 Å². The maximum atomic E-state index is 10.3. The molecular formula is C17H20O. The van der Waals surface area contributed by atoms with E-state index in [1.807, 2.05) is 24.3 Å². The summed E-state index contributed by atoms with van der Waals surface area (Å²) >= 11 is 0. The number of hydrogen-bond donors (Lipinski definition) is 1. The SMILES string of the molecule is Cc1ccc(C(O)Cc2c(C)cccc2C)cc1. The number of aliphatic hydroxyl groups excluding tert-OH is 1. The van der Waals surface area contributed by atoms with Gasteiger partial charge in [-0.2, -0.15) is 0 Å². The van der Waals surface area contributed by atoms with Crippen molar-refractivity contribution < 1.29 is 5.11 Å². The van der Waals surface area contributed by atoms with Crippen LogP contribution in [0.1, 0.15) is 33.9 Å². The smallest absolute Gasteiger partial charge is 0.0830 e. The molecule has 0 saturated carbocycles. The average molecular weight is 240 g/mol. The third-order valence-electron chi connectivity index (χ3n) is 3.50. The van der Waals surface area contributed by atoms with E-state index in [2.05, 4.69) is 39.0 Å². The lowest BCUT2D eigenvalue weighted by atomic mass is 9.94. The van der Waals surface area contributed by atoms with Crippen molar-refractivity contribution in [2.45, 2.75) is 33.3 Å². The normalized spacial score (nSPS) is 12.4. The highest BCUT2D eigenvalue weighted by molar-refractivity contribution is 5.35. The zero-order valence-corrected chi connectivity index (χ0v) is 11.3. The lowest BCUT2D eigenvalue weighted by Crippen LogP contribution is -2.04. The van der Waals surface area contributed by atoms with Crippen molar-refractivity contribution in [3.8, 4) is 0 Å². The second-order valence-corrected chi connectivity index (χ2v) is 5.00. The lowest BCUT2D eigenvalue weighted by Gasteiger charge is -2.15. The van der Waals surface area contributed by atoms with Crippen LogP contribution in [0.5, 0.6) is 0 Å². The van der Waals surface area contributed by atoms with Crippen molar-refractivity contribution in [3.63, 3.8) is 0 Å². The number of aryl methyl sites for hydroxylation is 3. The Morgan fingerprint density at radius 1 is 0.889 bits per heavy atom. The topological polar surface area (TPSA) is 20.2 Å². The molecule has 0 aromatic heterocycles. The summed E-state index contributed by atoms with van der Waals surface area (Å²) in [5.41, 5.74) is 5.97. The van der Waals surface area contributed by atoms with Gasteiger partial charge in [0.15, 0.2) is 0 Å². The highest BCUT2D eigenvalue weighted by atomic mass is 16.3. The second-order valence-electron chi connectivity index (χ2n) is 5.00. The summed E-state index contributed by atoms with van der Waals surface area (Å²) in [7, 11) is 0. The Morgan fingerprint density at radius 3 is 2.00 bits per heavy atom. The standard InChI is InChI=1S/C17H20O/c1-12-7-9-15(10-8-12)17(18)11-16-13(2)5-4-6-14(16)3/h4-10,17-18H,11H2,1-3H3. The predicted molar refractivity (Wildman–Crippen MR) is 75.8 cm³/mol. The first-order valence-corrected chi connectivity index (χ1v) is 6.37. The van der Waals surface area contributed by atoms with Crippen molar-refractivity contribution in [2.75, 3.05) is 0 Å². The van der Waals surface area contributed by atoms with Crippen LogP contribution in [0.4, 0.5) is 0 Å². The van der Waals surface area contributed by atoms with Gasteiger partial charge in [0.25, 0.3) is 0 Å². The van der Waals surface area contributed by atoms with E-state index in [-0.39, 0.29) is 0 Å². The van der Waals surface area contributed by atoms with E-state index in [1.165, 1.54) is 22.3 Å². The fourth-order valence-corrected chi connectivity index (χ4v) is 2.27. The van der Waals surface area contributed by atoms with E-state index >= 15 is 0 Å². The molecular weight excluding hydrogens is 220 g/mol. The minimum atomic E-state index is -0.426. The van der Waals surface area contributed by atoms with Gasteiger partial charge in [-0.1, -0.05) is 48.0 Å². The molecule has 0 fully saturated rings. The molecule has 0 amide bonds. The fraction of sp³-hybridized carbons (Fsp3) is 0.294. The summed E-state index contributed by atoms with van der Waals surface area (Å²) < 4.78 is 0. The molecule has 0 radical (unpaired) electrons. The first kappa shape index (κ1) is 12.8. The minimum Gasteiger partial charge on any atom is -0.388 e. The Hall–Kier alpha value is -1.60. The Labute approximate surface area is 109 Å². The molecule has 1 N–H and O–H groups in total. The summed E-state index contributed by atoms with van der Waals surface area (Å²) in [5, 5.41) is 10.3. The van der Waals surface area contributed by atoms with E-state index in [4.69, 9.17) is 0 Å². The van der Waals surface area contributed by atoms with E-state index in [0.717, 1.165) is 5.56 Å². The Morgan fingerprint density at radius 2 is 1.44 bits per heavy atom. The van der Waals surface area contributed by atoms with Crippen LogP contribution in [0.2, 0.25) is 0 Å². The van der Waals surface area contributed by atoms with Gasteiger partial charge in [-0.3, -0.25) is 0 Å². The second kappa shape index (κ2) is 5.36. The van der Waals surface area contributed by atoms with Crippen LogP contribution in [0, 0.1) is 20.8 Å². The number of hydrogen-bond acceptors (Lipinski definition) is 1. The fourth-order valence-electron chi connectivity index (χ4n) is 2.27. The van der Waals surface area contributed by atoms with Gasteiger partial charge in [-0.25, -0.2) is 0 Å². The monoisotopic (exact) mass is 240 g/mol. The third kappa shape index (κ3) is 2.80. The van der Waals surface area contributed by atoms with Crippen molar-refractivity contribution >= 4 is 0 Å². The van der Waals surface area contributed by atoms with Crippen LogP contribution in [0.3, 0.4) is 0 Å². The molecule has 0 aliphatic carbocycles. The maximum absolute atomic E-state index is 10.3. The molecule has 2 aromatic rings. The van der Waals surface area contributed by atoms with Crippen molar-refractivity contribution in [1.29, 1.82) is 0 Å².